The van der Waals surface area contributed by atoms with Gasteiger partial charge in [-0.15, -0.1) is 11.3 Å². The lowest BCUT2D eigenvalue weighted by Gasteiger charge is -2.12. The summed E-state index contributed by atoms with van der Waals surface area (Å²) < 4.78 is 0. The SMILES string of the molecule is CCSC1CCC(NCc2cc(C(=O)O)sc2C)C1. The molecule has 0 spiro atoms. The van der Waals surface area contributed by atoms with Gasteiger partial charge >= 0.3 is 5.97 Å². The Morgan fingerprint density at radius 1 is 1.58 bits per heavy atom. The van der Waals surface area contributed by atoms with Gasteiger partial charge in [0.25, 0.3) is 0 Å². The Morgan fingerprint density at radius 3 is 3.00 bits per heavy atom. The van der Waals surface area contributed by atoms with Crippen molar-refractivity contribution < 1.29 is 9.90 Å². The second kappa shape index (κ2) is 6.77. The average Bonchev–Trinajstić information content (AvgIpc) is 2.94. The summed E-state index contributed by atoms with van der Waals surface area (Å²) in [5, 5.41) is 13.4. The number of rotatable bonds is 6. The summed E-state index contributed by atoms with van der Waals surface area (Å²) in [6, 6.07) is 2.40. The van der Waals surface area contributed by atoms with E-state index >= 15 is 0 Å². The Kier molecular flexibility index (Phi) is 5.30. The first-order valence-corrected chi connectivity index (χ1v) is 8.64. The molecule has 1 fully saturated rings. The molecule has 106 valence electrons. The fraction of sp³-hybridized carbons (Fsp3) is 0.643. The zero-order valence-corrected chi connectivity index (χ0v) is 13.1. The number of hydrogen-bond donors (Lipinski definition) is 2. The number of aryl methyl sites for hydroxylation is 1. The highest BCUT2D eigenvalue weighted by Gasteiger charge is 2.24. The van der Waals surface area contributed by atoms with E-state index in [4.69, 9.17) is 5.11 Å². The van der Waals surface area contributed by atoms with E-state index < -0.39 is 5.97 Å². The van der Waals surface area contributed by atoms with Gasteiger partial charge in [-0.05, 0) is 43.6 Å². The van der Waals surface area contributed by atoms with Gasteiger partial charge in [-0.25, -0.2) is 4.79 Å². The molecule has 2 unspecified atom stereocenters. The lowest BCUT2D eigenvalue weighted by Crippen LogP contribution is -2.26. The highest BCUT2D eigenvalue weighted by Crippen LogP contribution is 2.30. The van der Waals surface area contributed by atoms with E-state index in [2.05, 4.69) is 24.0 Å². The van der Waals surface area contributed by atoms with Crippen molar-refractivity contribution in [2.75, 3.05) is 5.75 Å². The minimum atomic E-state index is -0.820. The second-order valence-corrected chi connectivity index (χ2v) is 7.80. The van der Waals surface area contributed by atoms with Gasteiger partial charge in [0.1, 0.15) is 4.88 Å². The second-order valence-electron chi connectivity index (χ2n) is 4.97. The van der Waals surface area contributed by atoms with E-state index in [-0.39, 0.29) is 0 Å². The summed E-state index contributed by atoms with van der Waals surface area (Å²) in [6.45, 7) is 5.01. The summed E-state index contributed by atoms with van der Waals surface area (Å²) in [5.41, 5.74) is 1.13. The third kappa shape index (κ3) is 3.97. The highest BCUT2D eigenvalue weighted by atomic mass is 32.2. The Balaban J connectivity index is 1.84. The van der Waals surface area contributed by atoms with Crippen LogP contribution in [0.15, 0.2) is 6.07 Å². The zero-order chi connectivity index (χ0) is 13.8. The molecule has 1 aliphatic rings. The maximum absolute atomic E-state index is 10.9. The van der Waals surface area contributed by atoms with Gasteiger partial charge in [0, 0.05) is 22.7 Å². The quantitative estimate of drug-likeness (QED) is 0.844. The van der Waals surface area contributed by atoms with Gasteiger partial charge in [0.05, 0.1) is 0 Å². The number of carbonyl (C=O) groups is 1. The largest absolute Gasteiger partial charge is 0.477 e. The number of thioether (sulfide) groups is 1. The summed E-state index contributed by atoms with van der Waals surface area (Å²) in [6.07, 6.45) is 3.79. The van der Waals surface area contributed by atoms with Crippen LogP contribution >= 0.6 is 23.1 Å². The summed E-state index contributed by atoms with van der Waals surface area (Å²) in [4.78, 5) is 12.5. The van der Waals surface area contributed by atoms with Gasteiger partial charge in [0.15, 0.2) is 0 Å². The molecule has 1 saturated carbocycles. The molecule has 0 bridgehead atoms. The topological polar surface area (TPSA) is 49.3 Å². The lowest BCUT2D eigenvalue weighted by molar-refractivity contribution is 0.0702. The van der Waals surface area contributed by atoms with Crippen LogP contribution in [0.3, 0.4) is 0 Å². The first kappa shape index (κ1) is 14.9. The summed E-state index contributed by atoms with van der Waals surface area (Å²) >= 11 is 3.43. The van der Waals surface area contributed by atoms with E-state index in [0.717, 1.165) is 22.2 Å². The maximum atomic E-state index is 10.9. The van der Waals surface area contributed by atoms with E-state index in [1.165, 1.54) is 36.4 Å². The van der Waals surface area contributed by atoms with Crippen LogP contribution in [-0.2, 0) is 6.54 Å². The summed E-state index contributed by atoms with van der Waals surface area (Å²) in [5.74, 6) is 0.378. The summed E-state index contributed by atoms with van der Waals surface area (Å²) in [7, 11) is 0. The smallest absolute Gasteiger partial charge is 0.345 e. The van der Waals surface area contributed by atoms with E-state index in [1.807, 2.05) is 13.0 Å². The van der Waals surface area contributed by atoms with Crippen LogP contribution in [-0.4, -0.2) is 28.1 Å². The number of carboxylic acid groups (broad SMARTS) is 1. The fourth-order valence-electron chi connectivity index (χ4n) is 2.57. The maximum Gasteiger partial charge on any atom is 0.345 e. The normalized spacial score (nSPS) is 22.8. The van der Waals surface area contributed by atoms with Crippen molar-refractivity contribution in [1.29, 1.82) is 0 Å². The van der Waals surface area contributed by atoms with Crippen LogP contribution in [0.4, 0.5) is 0 Å². The van der Waals surface area contributed by atoms with Crippen molar-refractivity contribution in [1.82, 2.24) is 5.32 Å². The lowest BCUT2D eigenvalue weighted by atomic mass is 10.2. The number of thiophene rings is 1. The molecule has 2 rings (SSSR count). The Morgan fingerprint density at radius 2 is 2.37 bits per heavy atom. The average molecular weight is 299 g/mol. The van der Waals surface area contributed by atoms with Gasteiger partial charge in [-0.1, -0.05) is 6.92 Å². The predicted molar refractivity (Wildman–Crippen MR) is 82.4 cm³/mol. The molecule has 0 amide bonds. The van der Waals surface area contributed by atoms with Gasteiger partial charge in [0.2, 0.25) is 0 Å². The molecule has 5 heteroatoms. The standard InChI is InChI=1S/C14H21NO2S2/c1-3-18-12-5-4-11(7-12)15-8-10-6-13(14(16)17)19-9(10)2/h6,11-12,15H,3-5,7-8H2,1-2H3,(H,16,17). The fourth-order valence-corrected chi connectivity index (χ4v) is 4.59. The molecular weight excluding hydrogens is 278 g/mol. The van der Waals surface area contributed by atoms with Crippen LogP contribution in [0.2, 0.25) is 0 Å². The number of carboxylic acids is 1. The third-order valence-corrected chi connectivity index (χ3v) is 5.91. The van der Waals surface area contributed by atoms with Gasteiger partial charge in [-0.2, -0.15) is 11.8 Å². The van der Waals surface area contributed by atoms with E-state index in [0.29, 0.717) is 10.9 Å². The molecule has 0 aliphatic heterocycles. The Labute approximate surface area is 122 Å². The number of hydrogen-bond acceptors (Lipinski definition) is 4. The number of aromatic carboxylic acids is 1. The first-order chi connectivity index (χ1) is 9.10. The monoisotopic (exact) mass is 299 g/mol. The van der Waals surface area contributed by atoms with Gasteiger partial charge < -0.3 is 10.4 Å². The van der Waals surface area contributed by atoms with Crippen LogP contribution in [0.25, 0.3) is 0 Å². The molecule has 0 aromatic carbocycles. The van der Waals surface area contributed by atoms with Crippen molar-refractivity contribution in [2.24, 2.45) is 0 Å². The van der Waals surface area contributed by atoms with Crippen LogP contribution < -0.4 is 5.32 Å². The molecule has 1 heterocycles. The minimum absolute atomic E-state index is 0.445. The Hall–Kier alpha value is -0.520. The van der Waals surface area contributed by atoms with E-state index in [9.17, 15) is 4.79 Å². The number of nitrogens with one attached hydrogen (secondary N) is 1. The van der Waals surface area contributed by atoms with Crippen molar-refractivity contribution >= 4 is 29.1 Å². The molecule has 0 radical (unpaired) electrons. The van der Waals surface area contributed by atoms with Gasteiger partial charge in [-0.3, -0.25) is 0 Å². The molecule has 2 N–H and O–H groups in total. The molecule has 2 atom stereocenters. The van der Waals surface area contributed by atoms with Crippen molar-refractivity contribution in [3.8, 4) is 0 Å². The molecule has 1 aromatic heterocycles. The Bertz CT molecular complexity index is 445. The first-order valence-electron chi connectivity index (χ1n) is 6.77. The predicted octanol–water partition coefficient (Wildman–Crippen LogP) is 3.52. The molecular formula is C14H21NO2S2. The zero-order valence-electron chi connectivity index (χ0n) is 11.4. The van der Waals surface area contributed by atoms with Crippen LogP contribution in [0, 0.1) is 6.92 Å². The molecule has 19 heavy (non-hydrogen) atoms. The van der Waals surface area contributed by atoms with Crippen molar-refractivity contribution in [3.63, 3.8) is 0 Å². The highest BCUT2D eigenvalue weighted by molar-refractivity contribution is 7.99. The molecule has 0 saturated heterocycles. The van der Waals surface area contributed by atoms with Crippen LogP contribution in [0.5, 0.6) is 0 Å². The molecule has 1 aliphatic carbocycles. The third-order valence-electron chi connectivity index (χ3n) is 3.60. The molecule has 3 nitrogen and oxygen atoms in total. The minimum Gasteiger partial charge on any atom is -0.477 e. The van der Waals surface area contributed by atoms with Crippen molar-refractivity contribution in [3.05, 3.63) is 21.4 Å². The van der Waals surface area contributed by atoms with Crippen LogP contribution in [0.1, 0.15) is 46.3 Å². The van der Waals surface area contributed by atoms with E-state index in [1.54, 1.807) is 0 Å². The molecule has 1 aromatic rings. The van der Waals surface area contributed by atoms with Crippen molar-refractivity contribution in [2.45, 2.75) is 50.9 Å².